The maximum Gasteiger partial charge on any atom is 0.306 e. The van der Waals surface area contributed by atoms with Crippen LogP contribution in [0.2, 0.25) is 0 Å². The van der Waals surface area contributed by atoms with E-state index >= 15 is 0 Å². The fraction of sp³-hybridized carbons (Fsp3) is 0.542. The molecule has 344 valence electrons. The number of aromatic nitrogens is 1. The molecule has 1 amide bonds. The number of carbonyl (C=O) groups is 2. The number of hydrogen-bond donors (Lipinski definition) is 6. The largest absolute Gasteiger partial charge is 0.509 e. The molecule has 6 N–H and O–H groups in total. The van der Waals surface area contributed by atoms with Crippen molar-refractivity contribution in [3.63, 3.8) is 0 Å². The van der Waals surface area contributed by atoms with Gasteiger partial charge in [-0.2, -0.15) is 0 Å². The van der Waals surface area contributed by atoms with Gasteiger partial charge in [0, 0.05) is 85.8 Å². The lowest BCUT2D eigenvalue weighted by molar-refractivity contribution is -0.146. The summed E-state index contributed by atoms with van der Waals surface area (Å²) in [5.74, 6) is -9.31. The molecule has 8 aliphatic rings. The van der Waals surface area contributed by atoms with Crippen molar-refractivity contribution in [2.75, 3.05) is 38.2 Å². The Morgan fingerprint density at radius 1 is 0.906 bits per heavy atom. The molecule has 0 aromatic heterocycles. The predicted octanol–water partition coefficient (Wildman–Crippen LogP) is 4.58. The van der Waals surface area contributed by atoms with Gasteiger partial charge in [0.15, 0.2) is 28.8 Å². The quantitative estimate of drug-likeness (QED) is 0.248. The number of aliphatic hydroxyl groups excluding tert-OH is 5. The number of ketones is 1. The van der Waals surface area contributed by atoms with E-state index in [1.165, 1.54) is 58.3 Å². The highest BCUT2D eigenvalue weighted by molar-refractivity contribution is 6.05. The third-order valence-corrected chi connectivity index (χ3v) is 14.5. The van der Waals surface area contributed by atoms with Crippen LogP contribution in [0.1, 0.15) is 78.7 Å². The van der Waals surface area contributed by atoms with Gasteiger partial charge in [-0.05, 0) is 45.9 Å². The highest BCUT2D eigenvalue weighted by Crippen LogP contribution is 2.56. The molecular formula is C48H60N4O12. The van der Waals surface area contributed by atoms with Gasteiger partial charge >= 0.3 is 5.79 Å². The zero-order chi connectivity index (χ0) is 46.1. The van der Waals surface area contributed by atoms with Crippen molar-refractivity contribution in [2.24, 2.45) is 29.6 Å². The Morgan fingerprint density at radius 3 is 2.27 bits per heavy atom. The van der Waals surface area contributed by atoms with Crippen molar-refractivity contribution in [3.8, 4) is 11.5 Å². The molecule has 5 heterocycles. The van der Waals surface area contributed by atoms with E-state index in [4.69, 9.17) is 23.6 Å². The molecule has 3 aliphatic carbocycles. The van der Waals surface area contributed by atoms with Gasteiger partial charge < -0.3 is 54.4 Å². The van der Waals surface area contributed by atoms with E-state index in [1.54, 1.807) is 52.8 Å². The maximum absolute atomic E-state index is 14.4. The van der Waals surface area contributed by atoms with Gasteiger partial charge in [-0.1, -0.05) is 45.9 Å². The van der Waals surface area contributed by atoms with Gasteiger partial charge in [0.2, 0.25) is 5.43 Å². The molecule has 16 heteroatoms. The Morgan fingerprint density at radius 2 is 1.58 bits per heavy atom. The second-order valence-corrected chi connectivity index (χ2v) is 18.6. The summed E-state index contributed by atoms with van der Waals surface area (Å²) >= 11 is 0. The number of ether oxygens (including phenoxy) is 3. The third-order valence-electron chi connectivity index (χ3n) is 14.5. The highest BCUT2D eigenvalue weighted by Gasteiger charge is 2.58. The van der Waals surface area contributed by atoms with Gasteiger partial charge in [-0.15, -0.1) is 0 Å². The van der Waals surface area contributed by atoms with Gasteiger partial charge in [0.1, 0.15) is 17.2 Å². The second kappa shape index (κ2) is 17.3. The molecule has 0 radical (unpaired) electrons. The number of nitrogens with one attached hydrogen (secondary N) is 1. The minimum atomic E-state index is -1.92. The van der Waals surface area contributed by atoms with Crippen LogP contribution in [0.4, 0.5) is 5.69 Å². The number of nitrogens with zero attached hydrogens (tertiary/aromatic N) is 3. The van der Waals surface area contributed by atoms with Crippen LogP contribution in [-0.2, 0) is 23.8 Å². The van der Waals surface area contributed by atoms with Crippen molar-refractivity contribution in [3.05, 3.63) is 98.4 Å². The number of Topliss-reactive ketones (excluding diaryl/α,β-unsaturated/α-hetero) is 1. The van der Waals surface area contributed by atoms with Crippen LogP contribution >= 0.6 is 0 Å². The van der Waals surface area contributed by atoms with E-state index in [0.29, 0.717) is 11.7 Å². The number of allylic oxidation sites excluding steroid dienone is 5. The van der Waals surface area contributed by atoms with Gasteiger partial charge in [0.05, 0.1) is 53.8 Å². The number of fused-ring (bicyclic) bond motifs is 2. The Bertz CT molecular complexity index is 2420. The summed E-state index contributed by atoms with van der Waals surface area (Å²) in [5, 5.41) is 61.2. The van der Waals surface area contributed by atoms with Crippen molar-refractivity contribution in [2.45, 2.75) is 103 Å². The fourth-order valence-electron chi connectivity index (χ4n) is 10.1. The normalized spacial score (nSPS) is 36.3. The van der Waals surface area contributed by atoms with Gasteiger partial charge in [-0.25, -0.2) is 4.98 Å². The molecule has 2 unspecified atom stereocenters. The molecule has 5 aliphatic heterocycles. The molecule has 4 bridgehead atoms. The topological polar surface area (TPSA) is 225 Å². The number of likely N-dealkylation sites (tertiary alicyclic amines) is 1. The first-order valence-electron chi connectivity index (χ1n) is 22.2. The van der Waals surface area contributed by atoms with Crippen LogP contribution in [-0.4, -0.2) is 117 Å². The van der Waals surface area contributed by atoms with Gasteiger partial charge in [0.25, 0.3) is 5.91 Å². The average molecular weight is 885 g/mol. The maximum atomic E-state index is 14.4. The molecule has 0 aromatic carbocycles. The first-order valence-corrected chi connectivity index (χ1v) is 22.2. The molecule has 16 nitrogen and oxygen atoms in total. The van der Waals surface area contributed by atoms with Crippen molar-refractivity contribution in [1.82, 2.24) is 15.2 Å². The number of benzene rings is 1. The van der Waals surface area contributed by atoms with E-state index in [9.17, 15) is 39.9 Å². The number of methoxy groups -OCH3 is 1. The Hall–Kier alpha value is -5.26. The zero-order valence-corrected chi connectivity index (χ0v) is 37.6. The smallest absolute Gasteiger partial charge is 0.306 e. The minimum absolute atomic E-state index is 0.00303. The lowest BCUT2D eigenvalue weighted by Gasteiger charge is -2.45. The predicted molar refractivity (Wildman–Crippen MR) is 236 cm³/mol. The van der Waals surface area contributed by atoms with Crippen molar-refractivity contribution >= 4 is 23.1 Å². The molecule has 0 spiro atoms. The fourth-order valence-corrected chi connectivity index (χ4v) is 10.1. The first kappa shape index (κ1) is 45.3. The van der Waals surface area contributed by atoms with E-state index in [-0.39, 0.29) is 51.1 Å². The summed E-state index contributed by atoms with van der Waals surface area (Å²) in [6, 6.07) is 3.59. The molecule has 8 rings (SSSR count). The van der Waals surface area contributed by atoms with Crippen LogP contribution in [0.15, 0.2) is 85.9 Å². The number of carbonyl (C=O) groups excluding carboxylic acids is 2. The summed E-state index contributed by atoms with van der Waals surface area (Å²) in [4.78, 5) is 51.8. The molecule has 2 fully saturated rings. The second-order valence-electron chi connectivity index (χ2n) is 18.6. The van der Waals surface area contributed by atoms with E-state index in [1.807, 2.05) is 0 Å². The van der Waals surface area contributed by atoms with E-state index in [0.717, 1.165) is 26.2 Å². The van der Waals surface area contributed by atoms with E-state index in [2.05, 4.69) is 15.1 Å². The number of rotatable bonds is 3. The van der Waals surface area contributed by atoms with Crippen LogP contribution in [0.5, 0.6) is 0 Å². The minimum Gasteiger partial charge on any atom is -0.509 e. The summed E-state index contributed by atoms with van der Waals surface area (Å²) in [6.45, 7) is 15.0. The van der Waals surface area contributed by atoms with Crippen LogP contribution in [0.25, 0.3) is 17.2 Å². The average Bonchev–Trinajstić information content (AvgIpc) is 3.88. The van der Waals surface area contributed by atoms with Crippen molar-refractivity contribution in [1.29, 1.82) is 0 Å². The monoisotopic (exact) mass is 884 g/mol. The molecule has 2 saturated heterocycles. The van der Waals surface area contributed by atoms with E-state index < -0.39 is 94.3 Å². The summed E-state index contributed by atoms with van der Waals surface area (Å²) in [5.41, 5.74) is 0.248. The Labute approximate surface area is 372 Å². The number of hydrogen-bond acceptors (Lipinski definition) is 15. The van der Waals surface area contributed by atoms with Crippen LogP contribution in [0.3, 0.4) is 0 Å². The number of anilines is 1. The standard InChI is InChI=1S/C48H60N4O12/c1-22-12-11-13-23(2)47(60)50-38-43(58)34-33(37-45(38)63-32-19-28(18-30(53)36(32)49-37)52-20-29(21-52)51-15-9-10-16-51)35-44(27(6)42(34)57)64-48(7,46(35)59)62-17-14-31(61-8)24(3)40(55)26(5)41(56)25(4)39(22)54/h11-14,17-19,22,24-26,29,31,33-34,39-41,54-56,58-59H,9-10,15-16,20-21H2,1-8H3,(H,50,60)/b12-11+,17-14+,23-13-/t22-,24+,25+,26-,31-,33?,34?,39-,40+,41+,48-/m0/s1. The molecule has 11 atom stereocenters. The number of aliphatic hydroxyl groups is 5. The van der Waals surface area contributed by atoms with Crippen LogP contribution in [0, 0.1) is 29.6 Å². The number of amides is 1. The summed E-state index contributed by atoms with van der Waals surface area (Å²) in [7, 11) is 1.45. The molecule has 64 heavy (non-hydrogen) atoms. The zero-order valence-electron chi connectivity index (χ0n) is 37.6. The lowest BCUT2D eigenvalue weighted by Crippen LogP contribution is -2.59. The lowest BCUT2D eigenvalue weighted by atomic mass is 9.69. The third kappa shape index (κ3) is 7.66. The van der Waals surface area contributed by atoms with Crippen LogP contribution < -0.4 is 15.6 Å². The molecular weight excluding hydrogens is 825 g/mol. The Kier molecular flexibility index (Phi) is 12.2. The summed E-state index contributed by atoms with van der Waals surface area (Å²) < 4.78 is 24.6. The molecule has 0 aromatic rings. The Balaban J connectivity index is 1.26. The first-order chi connectivity index (χ1) is 30.4. The SMILES string of the molecule is CO[C@H]1/C=C/O[C@@]2(C)OC3=C(C)C(=O)C4C(O)=C(NC(=O)/C(C)=C\C=C\[C@H](C)[C@H](O)[C@@H](C)[C@@H](O)[C@@H](C)[C@H](O)[C@@H]1C)c1oc5cc(N6CC(N7CCCC7)C6)cc(=O)c-5nc1C4C3=C2O. The van der Waals surface area contributed by atoms with Gasteiger partial charge in [-0.3, -0.25) is 19.3 Å². The highest BCUT2D eigenvalue weighted by atomic mass is 16.7. The van der Waals surface area contributed by atoms with Crippen molar-refractivity contribution < 1.29 is 53.7 Å². The summed E-state index contributed by atoms with van der Waals surface area (Å²) in [6.07, 6.45) is 5.94. The molecule has 0 saturated carbocycles.